The van der Waals surface area contributed by atoms with Gasteiger partial charge in [0.1, 0.15) is 5.56 Å². The average molecular weight is 349 g/mol. The predicted octanol–water partition coefficient (Wildman–Crippen LogP) is 3.29. The van der Waals surface area contributed by atoms with Crippen molar-refractivity contribution in [1.29, 1.82) is 0 Å². The molecule has 0 aliphatic carbocycles. The Morgan fingerprint density at radius 1 is 1.26 bits per heavy atom. The number of benzene rings is 1. The molecule has 23 heavy (non-hydrogen) atoms. The number of hydrogen-bond acceptors (Lipinski definition) is 3. The quantitative estimate of drug-likeness (QED) is 0.618. The molecule has 0 radical (unpaired) electrons. The Morgan fingerprint density at radius 2 is 2.09 bits per heavy atom. The Kier molecular flexibility index (Phi) is 5.08. The summed E-state index contributed by atoms with van der Waals surface area (Å²) >= 11 is 8.12. The van der Waals surface area contributed by atoms with Crippen LogP contribution in [0.15, 0.2) is 48.8 Å². The van der Waals surface area contributed by atoms with Crippen molar-refractivity contribution in [3.05, 3.63) is 70.1 Å². The second-order valence-electron chi connectivity index (χ2n) is 5.41. The van der Waals surface area contributed by atoms with Crippen molar-refractivity contribution in [3.8, 4) is 0 Å². The summed E-state index contributed by atoms with van der Waals surface area (Å²) in [4.78, 5) is 14.4. The number of pyridine rings is 1. The van der Waals surface area contributed by atoms with Crippen molar-refractivity contribution in [2.45, 2.75) is 11.7 Å². The fourth-order valence-corrected chi connectivity index (χ4v) is 4.32. The molecule has 1 aromatic carbocycles. The predicted molar refractivity (Wildman–Crippen MR) is 92.6 cm³/mol. The minimum atomic E-state index is -0.0874. The summed E-state index contributed by atoms with van der Waals surface area (Å²) in [6.45, 7) is 1.34. The molecule has 1 aliphatic rings. The minimum absolute atomic E-state index is 0.0874. The van der Waals surface area contributed by atoms with Gasteiger partial charge < -0.3 is 10.1 Å². The van der Waals surface area contributed by atoms with Gasteiger partial charge in [-0.2, -0.15) is 16.5 Å². The van der Waals surface area contributed by atoms with Gasteiger partial charge in [0, 0.05) is 35.2 Å². The topological polar surface area (TPSA) is 47.2 Å². The number of hydrogen-bond donors (Lipinski definition) is 0. The summed E-state index contributed by atoms with van der Waals surface area (Å²) in [5.41, 5.74) is 1.56. The van der Waals surface area contributed by atoms with Crippen molar-refractivity contribution in [2.24, 2.45) is 0 Å². The molecule has 2 heterocycles. The first-order valence-electron chi connectivity index (χ1n) is 7.49. The van der Waals surface area contributed by atoms with Crippen LogP contribution in [0.1, 0.15) is 27.6 Å². The highest BCUT2D eigenvalue weighted by Gasteiger charge is 2.24. The van der Waals surface area contributed by atoms with Crippen LogP contribution in [0.4, 0.5) is 0 Å². The van der Waals surface area contributed by atoms with E-state index in [0.29, 0.717) is 28.6 Å². The van der Waals surface area contributed by atoms with Crippen LogP contribution >= 0.6 is 23.4 Å². The smallest absolute Gasteiger partial charge is 0.259 e. The highest BCUT2D eigenvalue weighted by Crippen LogP contribution is 2.37. The molecular formula is C17H17ClN2O2S. The molecule has 0 spiro atoms. The van der Waals surface area contributed by atoms with Crippen molar-refractivity contribution >= 4 is 29.3 Å². The van der Waals surface area contributed by atoms with Gasteiger partial charge in [-0.25, -0.2) is 0 Å². The normalized spacial score (nSPS) is 18.5. The molecule has 3 rings (SSSR count). The van der Waals surface area contributed by atoms with E-state index >= 15 is 0 Å². The van der Waals surface area contributed by atoms with E-state index in [0.717, 1.165) is 22.8 Å². The molecule has 0 saturated carbocycles. The van der Waals surface area contributed by atoms with Crippen molar-refractivity contribution in [3.63, 3.8) is 0 Å². The van der Waals surface area contributed by atoms with Crippen LogP contribution in [0.5, 0.6) is 0 Å². The van der Waals surface area contributed by atoms with Crippen molar-refractivity contribution in [2.75, 3.05) is 18.8 Å². The van der Waals surface area contributed by atoms with Gasteiger partial charge in [-0.05, 0) is 24.1 Å². The molecule has 1 aromatic heterocycles. The number of nitrogens with zero attached hydrogens (tertiary/aromatic N) is 2. The van der Waals surface area contributed by atoms with Gasteiger partial charge in [0.05, 0.1) is 0 Å². The molecule has 1 atom stereocenters. The summed E-state index contributed by atoms with van der Waals surface area (Å²) in [6, 6.07) is 11.2. The van der Waals surface area contributed by atoms with Crippen LogP contribution < -0.4 is 4.73 Å². The van der Waals surface area contributed by atoms with E-state index in [1.54, 1.807) is 12.1 Å². The Morgan fingerprint density at radius 3 is 2.87 bits per heavy atom. The maximum absolute atomic E-state index is 12.6. The molecule has 2 aromatic rings. The van der Waals surface area contributed by atoms with E-state index in [9.17, 15) is 10.0 Å². The molecule has 1 fully saturated rings. The second kappa shape index (κ2) is 7.23. The van der Waals surface area contributed by atoms with Gasteiger partial charge >= 0.3 is 0 Å². The van der Waals surface area contributed by atoms with Gasteiger partial charge in [-0.15, -0.1) is 0 Å². The lowest BCUT2D eigenvalue weighted by Crippen LogP contribution is -2.35. The standard InChI is InChI=1S/C17H17ClN2O2S/c18-15-6-2-1-5-14(15)16-7-9-19(10-11-23-16)17(21)13-4-3-8-20(22)12-13/h1-6,8,12,16H,7,9-11H2/t16-/m0/s1. The minimum Gasteiger partial charge on any atom is -0.619 e. The van der Waals surface area contributed by atoms with Crippen molar-refractivity contribution in [1.82, 2.24) is 4.90 Å². The average Bonchev–Trinajstić information content (AvgIpc) is 2.80. The number of aromatic nitrogens is 1. The first-order chi connectivity index (χ1) is 11.1. The van der Waals surface area contributed by atoms with Gasteiger partial charge in [-0.3, -0.25) is 4.79 Å². The third kappa shape index (κ3) is 3.79. The van der Waals surface area contributed by atoms with Gasteiger partial charge in [0.2, 0.25) is 0 Å². The molecule has 0 unspecified atom stereocenters. The third-order valence-electron chi connectivity index (χ3n) is 3.90. The van der Waals surface area contributed by atoms with Gasteiger partial charge in [0.25, 0.3) is 5.91 Å². The Hall–Kier alpha value is -1.72. The summed E-state index contributed by atoms with van der Waals surface area (Å²) in [7, 11) is 0. The highest BCUT2D eigenvalue weighted by atomic mass is 35.5. The summed E-state index contributed by atoms with van der Waals surface area (Å²) in [6.07, 6.45) is 3.55. The third-order valence-corrected chi connectivity index (χ3v) is 5.56. The highest BCUT2D eigenvalue weighted by molar-refractivity contribution is 7.99. The first kappa shape index (κ1) is 16.1. The van der Waals surface area contributed by atoms with E-state index < -0.39 is 0 Å². The van der Waals surface area contributed by atoms with E-state index in [4.69, 9.17) is 11.6 Å². The maximum atomic E-state index is 12.6. The van der Waals surface area contributed by atoms with Gasteiger partial charge in [-0.1, -0.05) is 29.8 Å². The number of halogens is 1. The molecule has 0 bridgehead atoms. The van der Waals surface area contributed by atoms with E-state index in [1.807, 2.05) is 34.9 Å². The molecule has 1 amide bonds. The largest absolute Gasteiger partial charge is 0.619 e. The van der Waals surface area contributed by atoms with Gasteiger partial charge in [0.15, 0.2) is 12.4 Å². The van der Waals surface area contributed by atoms with Crippen LogP contribution in [-0.2, 0) is 0 Å². The molecule has 1 aliphatic heterocycles. The summed E-state index contributed by atoms with van der Waals surface area (Å²) in [5, 5.41) is 12.4. The zero-order chi connectivity index (χ0) is 16.2. The van der Waals surface area contributed by atoms with Crippen LogP contribution in [-0.4, -0.2) is 29.6 Å². The second-order valence-corrected chi connectivity index (χ2v) is 7.13. The number of carbonyl (C=O) groups is 1. The Labute approximate surface area is 144 Å². The number of thioether (sulfide) groups is 1. The van der Waals surface area contributed by atoms with Crippen LogP contribution in [0.25, 0.3) is 0 Å². The molecule has 1 saturated heterocycles. The molecule has 0 N–H and O–H groups in total. The van der Waals surface area contributed by atoms with E-state index in [2.05, 4.69) is 6.07 Å². The molecular weight excluding hydrogens is 332 g/mol. The maximum Gasteiger partial charge on any atom is 0.259 e. The van der Waals surface area contributed by atoms with Crippen LogP contribution in [0.2, 0.25) is 5.02 Å². The summed E-state index contributed by atoms with van der Waals surface area (Å²) in [5.74, 6) is 0.766. The lowest BCUT2D eigenvalue weighted by molar-refractivity contribution is -0.605. The lowest BCUT2D eigenvalue weighted by Gasteiger charge is -2.20. The molecule has 6 heteroatoms. The fraction of sp³-hybridized carbons (Fsp3) is 0.294. The Balaban J connectivity index is 1.71. The zero-order valence-corrected chi connectivity index (χ0v) is 14.1. The fourth-order valence-electron chi connectivity index (χ4n) is 2.72. The van der Waals surface area contributed by atoms with E-state index in [1.165, 1.54) is 12.4 Å². The van der Waals surface area contributed by atoms with Crippen LogP contribution in [0, 0.1) is 5.21 Å². The monoisotopic (exact) mass is 348 g/mol. The summed E-state index contributed by atoms with van der Waals surface area (Å²) < 4.78 is 0.659. The SMILES string of the molecule is O=C(c1ccc[n+]([O-])c1)N1CCS[C@H](c2ccccc2Cl)CC1. The Bertz CT molecular complexity index is 710. The van der Waals surface area contributed by atoms with Crippen LogP contribution in [0.3, 0.4) is 0 Å². The van der Waals surface area contributed by atoms with Crippen molar-refractivity contribution < 1.29 is 9.52 Å². The van der Waals surface area contributed by atoms with E-state index in [-0.39, 0.29) is 5.91 Å². The lowest BCUT2D eigenvalue weighted by atomic mass is 10.1. The molecule has 120 valence electrons. The number of carbonyl (C=O) groups excluding carboxylic acids is 1. The number of rotatable bonds is 2. The zero-order valence-electron chi connectivity index (χ0n) is 12.5. The number of amides is 1. The molecule has 4 nitrogen and oxygen atoms in total. The first-order valence-corrected chi connectivity index (χ1v) is 8.92.